The van der Waals surface area contributed by atoms with Crippen molar-refractivity contribution in [3.63, 3.8) is 0 Å². The van der Waals surface area contributed by atoms with Gasteiger partial charge in [-0.25, -0.2) is 13.2 Å². The number of hydrogen-bond donors (Lipinski definition) is 1. The molecule has 1 N–H and O–H groups in total. The second kappa shape index (κ2) is 7.94. The third-order valence-electron chi connectivity index (χ3n) is 4.13. The average molecular weight is 402 g/mol. The van der Waals surface area contributed by atoms with Gasteiger partial charge >= 0.3 is 5.97 Å². The molecule has 0 aliphatic carbocycles. The molecule has 3 rings (SSSR count). The van der Waals surface area contributed by atoms with Crippen molar-refractivity contribution in [3.8, 4) is 11.1 Å². The molecule has 0 saturated carbocycles. The van der Waals surface area contributed by atoms with Crippen LogP contribution in [0.3, 0.4) is 0 Å². The first-order valence-electron chi connectivity index (χ1n) is 8.33. The van der Waals surface area contributed by atoms with Crippen LogP contribution in [-0.4, -0.2) is 21.5 Å². The van der Waals surface area contributed by atoms with Crippen molar-refractivity contribution >= 4 is 33.0 Å². The third-order valence-corrected chi connectivity index (χ3v) is 6.39. The molecule has 0 bridgehead atoms. The predicted molar refractivity (Wildman–Crippen MR) is 108 cm³/mol. The van der Waals surface area contributed by atoms with Crippen molar-refractivity contribution in [1.82, 2.24) is 0 Å². The molecule has 5 nitrogen and oxygen atoms in total. The number of ether oxygens (including phenoxy) is 1. The lowest BCUT2D eigenvalue weighted by Crippen LogP contribution is -2.14. The summed E-state index contributed by atoms with van der Waals surface area (Å²) in [4.78, 5) is 12.1. The summed E-state index contributed by atoms with van der Waals surface area (Å²) in [5.41, 5.74) is 3.19. The summed E-state index contributed by atoms with van der Waals surface area (Å²) in [5, 5.41) is 1.64. The largest absolute Gasteiger partial charge is 0.465 e. The maximum absolute atomic E-state index is 12.8. The van der Waals surface area contributed by atoms with E-state index in [1.807, 2.05) is 30.3 Å². The quantitative estimate of drug-likeness (QED) is 0.615. The second-order valence-corrected chi connectivity index (χ2v) is 8.40. The van der Waals surface area contributed by atoms with Gasteiger partial charge in [0.15, 0.2) is 0 Å². The van der Waals surface area contributed by atoms with Crippen LogP contribution in [0.2, 0.25) is 0 Å². The molecule has 0 fully saturated rings. The Morgan fingerprint density at radius 1 is 1.11 bits per heavy atom. The van der Waals surface area contributed by atoms with E-state index in [-0.39, 0.29) is 15.5 Å². The minimum atomic E-state index is -3.85. The van der Waals surface area contributed by atoms with Crippen LogP contribution in [0, 0.1) is 0 Å². The Labute approximate surface area is 162 Å². The van der Waals surface area contributed by atoms with Gasteiger partial charge in [0.1, 0.15) is 4.88 Å². The molecule has 0 spiro atoms. The number of carbonyl (C=O) groups is 1. The van der Waals surface area contributed by atoms with Crippen LogP contribution in [0.1, 0.15) is 22.2 Å². The molecule has 1 heterocycles. The van der Waals surface area contributed by atoms with Crippen LogP contribution in [0.25, 0.3) is 11.1 Å². The lowest BCUT2D eigenvalue weighted by atomic mass is 9.98. The van der Waals surface area contributed by atoms with Crippen molar-refractivity contribution in [1.29, 1.82) is 0 Å². The fraction of sp³-hybridized carbons (Fsp3) is 0.150. The fourth-order valence-corrected chi connectivity index (χ4v) is 4.73. The Balaban J connectivity index is 1.97. The van der Waals surface area contributed by atoms with Gasteiger partial charge in [0.2, 0.25) is 0 Å². The maximum atomic E-state index is 12.8. The highest BCUT2D eigenvalue weighted by Gasteiger charge is 2.21. The lowest BCUT2D eigenvalue weighted by molar-refractivity contribution is 0.0607. The van der Waals surface area contributed by atoms with Crippen LogP contribution in [0.15, 0.2) is 64.9 Å². The predicted octanol–water partition coefficient (Wildman–Crippen LogP) is 4.56. The highest BCUT2D eigenvalue weighted by molar-refractivity contribution is 7.92. The topological polar surface area (TPSA) is 72.5 Å². The zero-order valence-corrected chi connectivity index (χ0v) is 16.6. The molecule has 0 saturated heterocycles. The van der Waals surface area contributed by atoms with Crippen molar-refractivity contribution in [2.75, 3.05) is 11.8 Å². The number of rotatable bonds is 6. The number of sulfonamides is 1. The first kappa shape index (κ1) is 19.1. The molecule has 7 heteroatoms. The number of anilines is 1. The lowest BCUT2D eigenvalue weighted by Gasteiger charge is -2.11. The van der Waals surface area contributed by atoms with Gasteiger partial charge < -0.3 is 4.74 Å². The van der Waals surface area contributed by atoms with E-state index in [1.54, 1.807) is 23.6 Å². The molecule has 27 heavy (non-hydrogen) atoms. The first-order valence-corrected chi connectivity index (χ1v) is 10.7. The summed E-state index contributed by atoms with van der Waals surface area (Å²) in [7, 11) is -2.59. The minimum absolute atomic E-state index is 0.132. The highest BCUT2D eigenvalue weighted by atomic mass is 32.2. The molecule has 0 aliphatic heterocycles. The van der Waals surface area contributed by atoms with E-state index < -0.39 is 16.0 Å². The van der Waals surface area contributed by atoms with E-state index >= 15 is 0 Å². The van der Waals surface area contributed by atoms with Gasteiger partial charge in [0, 0.05) is 0 Å². The van der Waals surface area contributed by atoms with E-state index in [0.29, 0.717) is 0 Å². The van der Waals surface area contributed by atoms with Gasteiger partial charge in [-0.05, 0) is 46.7 Å². The summed E-state index contributed by atoms with van der Waals surface area (Å²) in [6.45, 7) is 2.06. The van der Waals surface area contributed by atoms with Crippen molar-refractivity contribution in [3.05, 3.63) is 70.4 Å². The first-order chi connectivity index (χ1) is 13.0. The van der Waals surface area contributed by atoms with Crippen LogP contribution in [0.5, 0.6) is 0 Å². The normalized spacial score (nSPS) is 11.2. The highest BCUT2D eigenvalue weighted by Crippen LogP contribution is 2.29. The molecule has 3 aromatic rings. The Morgan fingerprint density at radius 2 is 1.89 bits per heavy atom. The molecule has 0 amide bonds. The van der Waals surface area contributed by atoms with Crippen LogP contribution < -0.4 is 4.72 Å². The van der Waals surface area contributed by atoms with E-state index in [1.165, 1.54) is 13.2 Å². The molecule has 1 aromatic heterocycles. The van der Waals surface area contributed by atoms with Crippen molar-refractivity contribution < 1.29 is 17.9 Å². The molecule has 0 unspecified atom stereocenters. The number of benzene rings is 2. The minimum Gasteiger partial charge on any atom is -0.465 e. The summed E-state index contributed by atoms with van der Waals surface area (Å²) in [5.74, 6) is -0.576. The van der Waals surface area contributed by atoms with Gasteiger partial charge in [-0.2, -0.15) is 0 Å². The number of carbonyl (C=O) groups excluding carboxylic acids is 1. The summed E-state index contributed by atoms with van der Waals surface area (Å²) >= 11 is 1.12. The Hall–Kier alpha value is -2.64. The molecule has 2 aromatic carbocycles. The zero-order valence-electron chi connectivity index (χ0n) is 14.9. The van der Waals surface area contributed by atoms with Crippen LogP contribution >= 0.6 is 11.3 Å². The van der Waals surface area contributed by atoms with Gasteiger partial charge in [0.25, 0.3) is 10.0 Å². The third kappa shape index (κ3) is 4.04. The smallest absolute Gasteiger partial charge is 0.350 e. The van der Waals surface area contributed by atoms with Gasteiger partial charge in [-0.1, -0.05) is 43.3 Å². The van der Waals surface area contributed by atoms with Crippen molar-refractivity contribution in [2.24, 2.45) is 0 Å². The molecule has 0 aliphatic rings. The van der Waals surface area contributed by atoms with E-state index in [4.69, 9.17) is 4.74 Å². The fourth-order valence-electron chi connectivity index (χ4n) is 2.79. The Kier molecular flexibility index (Phi) is 5.62. The Bertz CT molecular complexity index is 1070. The molecule has 0 radical (unpaired) electrons. The van der Waals surface area contributed by atoms with Crippen molar-refractivity contribution in [2.45, 2.75) is 18.2 Å². The molecular weight excluding hydrogens is 382 g/mol. The molecular formula is C20H19NO4S2. The summed E-state index contributed by atoms with van der Waals surface area (Å²) in [6, 6.07) is 16.2. The number of esters is 1. The maximum Gasteiger partial charge on any atom is 0.350 e. The second-order valence-electron chi connectivity index (χ2n) is 5.80. The molecule has 140 valence electrons. The number of hydrogen-bond acceptors (Lipinski definition) is 5. The average Bonchev–Trinajstić information content (AvgIpc) is 3.14. The van der Waals surface area contributed by atoms with E-state index in [2.05, 4.69) is 11.6 Å². The Morgan fingerprint density at radius 3 is 2.63 bits per heavy atom. The monoisotopic (exact) mass is 401 g/mol. The summed E-state index contributed by atoms with van der Waals surface area (Å²) < 4.78 is 32.9. The van der Waals surface area contributed by atoms with E-state index in [0.717, 1.165) is 34.4 Å². The van der Waals surface area contributed by atoms with Crippen LogP contribution in [0.4, 0.5) is 5.69 Å². The number of thiophene rings is 1. The van der Waals surface area contributed by atoms with Gasteiger partial charge in [-0.15, -0.1) is 11.3 Å². The standard InChI is InChI=1S/C20H19NO4S2/c1-3-14-7-4-5-10-17(14)15-8-6-9-16(13-15)27(23,24)21-18-11-12-26-19(18)20(22)25-2/h4-13,21H,3H2,1-2H3. The SMILES string of the molecule is CCc1ccccc1-c1cccc(S(=O)(=O)Nc2ccsc2C(=O)OC)c1. The van der Waals surface area contributed by atoms with Crippen LogP contribution in [-0.2, 0) is 21.2 Å². The number of aryl methyl sites for hydroxylation is 1. The number of nitrogens with one attached hydrogen (secondary N) is 1. The summed E-state index contributed by atoms with van der Waals surface area (Å²) in [6.07, 6.45) is 0.850. The zero-order chi connectivity index (χ0) is 19.4. The van der Waals surface area contributed by atoms with Gasteiger partial charge in [0.05, 0.1) is 17.7 Å². The number of methoxy groups -OCH3 is 1. The van der Waals surface area contributed by atoms with Gasteiger partial charge in [-0.3, -0.25) is 4.72 Å². The van der Waals surface area contributed by atoms with E-state index in [9.17, 15) is 13.2 Å². The molecule has 0 atom stereocenters.